The zero-order chi connectivity index (χ0) is 12.3. The van der Waals surface area contributed by atoms with Crippen molar-refractivity contribution in [2.24, 2.45) is 10.8 Å². The van der Waals surface area contributed by atoms with Crippen LogP contribution in [0.25, 0.3) is 0 Å². The maximum atomic E-state index is 10.3. The van der Waals surface area contributed by atoms with Crippen molar-refractivity contribution in [3.63, 3.8) is 0 Å². The van der Waals surface area contributed by atoms with Gasteiger partial charge in [0.05, 0.1) is 0 Å². The molecule has 2 amide bonds. The van der Waals surface area contributed by atoms with Crippen molar-refractivity contribution in [2.75, 3.05) is 0 Å². The van der Waals surface area contributed by atoms with Crippen molar-refractivity contribution < 1.29 is 4.79 Å². The van der Waals surface area contributed by atoms with E-state index < -0.39 is 6.03 Å². The van der Waals surface area contributed by atoms with Crippen LogP contribution in [0.5, 0.6) is 0 Å². The van der Waals surface area contributed by atoms with Crippen LogP contribution >= 0.6 is 0 Å². The topological polar surface area (TPSA) is 67.5 Å². The second-order valence-corrected chi connectivity index (χ2v) is 5.90. The Morgan fingerprint density at radius 1 is 1.35 bits per heavy atom. The molecule has 0 aliphatic carbocycles. The Hall–Kier alpha value is -1.32. The second-order valence-electron chi connectivity index (χ2n) is 3.45. The molecule has 0 heterocycles. The summed E-state index contributed by atoms with van der Waals surface area (Å²) < 4.78 is 1.45. The van der Waals surface area contributed by atoms with Crippen molar-refractivity contribution in [1.29, 1.82) is 0 Å². The molecular weight excluding hydrogens is 281 g/mol. The van der Waals surface area contributed by atoms with E-state index >= 15 is 0 Å². The molecule has 1 aromatic rings. The van der Waals surface area contributed by atoms with Crippen LogP contribution < -0.4 is 15.6 Å². The number of carbonyl (C=O) groups is 1. The van der Waals surface area contributed by atoms with Gasteiger partial charge in [0, 0.05) is 0 Å². The van der Waals surface area contributed by atoms with Gasteiger partial charge in [0.25, 0.3) is 0 Å². The van der Waals surface area contributed by atoms with Crippen LogP contribution in [0.1, 0.15) is 19.3 Å². The molecule has 0 aliphatic rings. The number of rotatable bonds is 7. The van der Waals surface area contributed by atoms with E-state index in [1.54, 1.807) is 6.21 Å². The van der Waals surface area contributed by atoms with Crippen LogP contribution in [0.3, 0.4) is 0 Å². The summed E-state index contributed by atoms with van der Waals surface area (Å²) in [5, 5.41) is 4.93. The summed E-state index contributed by atoms with van der Waals surface area (Å²) in [6.45, 7) is 0. The number of hydrogen-bond acceptors (Lipinski definition) is 2. The summed E-state index contributed by atoms with van der Waals surface area (Å²) >= 11 is 0.573. The average molecular weight is 298 g/mol. The average Bonchev–Trinajstić information content (AvgIpc) is 2.33. The molecule has 3 N–H and O–H groups in total. The van der Waals surface area contributed by atoms with E-state index in [0.717, 1.165) is 12.8 Å². The fraction of sp³-hybridized carbons (Fsp3) is 0.333. The van der Waals surface area contributed by atoms with E-state index in [4.69, 9.17) is 5.73 Å². The van der Waals surface area contributed by atoms with E-state index in [1.807, 2.05) is 6.07 Å². The van der Waals surface area contributed by atoms with Crippen molar-refractivity contribution >= 4 is 31.7 Å². The zero-order valence-corrected chi connectivity index (χ0v) is 11.3. The van der Waals surface area contributed by atoms with Crippen LogP contribution in [0, 0.1) is 0 Å². The maximum absolute atomic E-state index is 10.3. The van der Waals surface area contributed by atoms with Gasteiger partial charge < -0.3 is 0 Å². The monoisotopic (exact) mass is 299 g/mol. The third-order valence-corrected chi connectivity index (χ3v) is 4.31. The summed E-state index contributed by atoms with van der Waals surface area (Å²) in [5.41, 5.74) is 7.03. The molecule has 0 saturated carbocycles. The molecule has 0 aromatic heterocycles. The van der Waals surface area contributed by atoms with Gasteiger partial charge in [-0.3, -0.25) is 0 Å². The number of hydrogen-bond donors (Lipinski definition) is 2. The Bertz CT molecular complexity index is 354. The molecule has 92 valence electrons. The van der Waals surface area contributed by atoms with Crippen molar-refractivity contribution in [2.45, 2.75) is 24.6 Å². The fourth-order valence-corrected chi connectivity index (χ4v) is 3.18. The third kappa shape index (κ3) is 7.55. The minimum absolute atomic E-state index is 0.573. The van der Waals surface area contributed by atoms with Crippen molar-refractivity contribution in [3.8, 4) is 0 Å². The van der Waals surface area contributed by atoms with E-state index in [2.05, 4.69) is 34.8 Å². The van der Waals surface area contributed by atoms with Gasteiger partial charge in [-0.2, -0.15) is 0 Å². The van der Waals surface area contributed by atoms with Gasteiger partial charge in [-0.15, -0.1) is 0 Å². The SMILES string of the molecule is NC(=O)N/N=C/CCCC[Se]c1ccccc1. The van der Waals surface area contributed by atoms with E-state index in [1.165, 1.54) is 16.2 Å². The number of nitrogens with one attached hydrogen (secondary N) is 1. The zero-order valence-electron chi connectivity index (χ0n) is 9.63. The van der Waals surface area contributed by atoms with Gasteiger partial charge >= 0.3 is 108 Å². The molecule has 1 rings (SSSR count). The predicted octanol–water partition coefficient (Wildman–Crippen LogP) is 1.26. The molecule has 0 spiro atoms. The predicted molar refractivity (Wildman–Crippen MR) is 71.7 cm³/mol. The summed E-state index contributed by atoms with van der Waals surface area (Å²) in [6, 6.07) is 9.95. The fourth-order valence-electron chi connectivity index (χ4n) is 1.22. The first-order valence-electron chi connectivity index (χ1n) is 5.54. The number of nitrogens with zero attached hydrogens (tertiary/aromatic N) is 1. The van der Waals surface area contributed by atoms with Gasteiger partial charge in [0.15, 0.2) is 0 Å². The Morgan fingerprint density at radius 2 is 2.12 bits per heavy atom. The standard InChI is InChI=1S/C12H17N3OSe/c13-12(16)15-14-9-5-2-6-10-17-11-7-3-1-4-8-11/h1,3-4,7-9H,2,5-6,10H2,(H3,13,15,16)/b14-9+. The van der Waals surface area contributed by atoms with Gasteiger partial charge in [0.2, 0.25) is 0 Å². The molecule has 4 nitrogen and oxygen atoms in total. The Balaban J connectivity index is 1.98. The van der Waals surface area contributed by atoms with E-state index in [-0.39, 0.29) is 0 Å². The summed E-state index contributed by atoms with van der Waals surface area (Å²) in [6.07, 6.45) is 4.86. The molecule has 0 saturated heterocycles. The second kappa shape index (κ2) is 8.79. The van der Waals surface area contributed by atoms with Crippen LogP contribution in [0.2, 0.25) is 5.32 Å². The van der Waals surface area contributed by atoms with Crippen LogP contribution in [0.15, 0.2) is 35.4 Å². The number of primary amides is 1. The Morgan fingerprint density at radius 3 is 2.82 bits per heavy atom. The molecule has 0 unspecified atom stereocenters. The molecular formula is C12H17N3OSe. The number of amides is 2. The van der Waals surface area contributed by atoms with Gasteiger partial charge in [0.1, 0.15) is 0 Å². The summed E-state index contributed by atoms with van der Waals surface area (Å²) in [7, 11) is 0. The first kappa shape index (κ1) is 13.7. The van der Waals surface area contributed by atoms with Crippen LogP contribution in [-0.2, 0) is 0 Å². The summed E-state index contributed by atoms with van der Waals surface area (Å²) in [5.74, 6) is 0. The van der Waals surface area contributed by atoms with Gasteiger partial charge in [-0.1, -0.05) is 0 Å². The number of nitrogens with two attached hydrogens (primary N) is 1. The molecule has 17 heavy (non-hydrogen) atoms. The summed E-state index contributed by atoms with van der Waals surface area (Å²) in [4.78, 5) is 10.3. The molecule has 0 aliphatic heterocycles. The van der Waals surface area contributed by atoms with Crippen molar-refractivity contribution in [3.05, 3.63) is 30.3 Å². The molecule has 0 atom stereocenters. The molecule has 1 aromatic carbocycles. The Labute approximate surface area is 108 Å². The quantitative estimate of drug-likeness (QED) is 0.338. The van der Waals surface area contributed by atoms with E-state index in [9.17, 15) is 4.79 Å². The molecule has 0 fully saturated rings. The van der Waals surface area contributed by atoms with Crippen molar-refractivity contribution in [1.82, 2.24) is 5.43 Å². The molecule has 0 radical (unpaired) electrons. The minimum atomic E-state index is -0.617. The number of carbonyl (C=O) groups excluding carboxylic acids is 1. The van der Waals surface area contributed by atoms with Crippen LogP contribution in [-0.4, -0.2) is 27.2 Å². The number of benzene rings is 1. The van der Waals surface area contributed by atoms with Crippen LogP contribution in [0.4, 0.5) is 4.79 Å². The Kier molecular flexibility index (Phi) is 7.10. The van der Waals surface area contributed by atoms with E-state index in [0.29, 0.717) is 15.0 Å². The third-order valence-electron chi connectivity index (χ3n) is 2.01. The van der Waals surface area contributed by atoms with Gasteiger partial charge in [-0.05, 0) is 0 Å². The number of urea groups is 1. The number of unbranched alkanes of at least 4 members (excludes halogenated alkanes) is 2. The molecule has 0 bridgehead atoms. The van der Waals surface area contributed by atoms with Gasteiger partial charge in [-0.25, -0.2) is 0 Å². The number of hydrazone groups is 1. The first-order chi connectivity index (χ1) is 8.29. The molecule has 5 heteroatoms. The normalized spacial score (nSPS) is 10.6. The first-order valence-corrected chi connectivity index (χ1v) is 7.60.